The third-order valence-corrected chi connectivity index (χ3v) is 9.13. The summed E-state index contributed by atoms with van der Waals surface area (Å²) in [6.45, 7) is 6.18. The molecule has 7 heterocycles. The molecular weight excluding hydrogens is 552 g/mol. The van der Waals surface area contributed by atoms with Gasteiger partial charge in [-0.2, -0.15) is 0 Å². The number of fused-ring (bicyclic) bond motifs is 12. The second-order valence-corrected chi connectivity index (χ2v) is 11.7. The Morgan fingerprint density at radius 2 is 0.310 bits per heavy atom. The van der Waals surface area contributed by atoms with Gasteiger partial charge in [0, 0.05) is 78.5 Å². The lowest BCUT2D eigenvalue weighted by Crippen LogP contribution is -2.48. The quantitative estimate of drug-likeness (QED) is 0.326. The molecule has 0 aliphatic carbocycles. The van der Waals surface area contributed by atoms with E-state index in [2.05, 4.69) is 0 Å². The lowest BCUT2D eigenvalue weighted by atomic mass is 10.5. The van der Waals surface area contributed by atoms with Crippen molar-refractivity contribution >= 4 is 36.2 Å². The zero-order chi connectivity index (χ0) is 29.1. The van der Waals surface area contributed by atoms with E-state index in [-0.39, 0.29) is 76.2 Å². The van der Waals surface area contributed by atoms with Crippen LogP contribution in [0.2, 0.25) is 0 Å². The second kappa shape index (κ2) is 10.2. The van der Waals surface area contributed by atoms with Gasteiger partial charge in [-0.05, 0) is 0 Å². The van der Waals surface area contributed by atoms with Gasteiger partial charge in [-0.1, -0.05) is 0 Å². The van der Waals surface area contributed by atoms with Crippen LogP contribution in [0.3, 0.4) is 0 Å². The Morgan fingerprint density at radius 3 is 0.405 bits per heavy atom. The van der Waals surface area contributed by atoms with Gasteiger partial charge in [0.2, 0.25) is 0 Å². The first-order chi connectivity index (χ1) is 20.3. The first-order valence-corrected chi connectivity index (χ1v) is 14.5. The molecule has 0 unspecified atom stereocenters. The minimum atomic E-state index is -0.230. The SMILES string of the molecule is O=C1N2CCN1CN1CCN(CN3CCN(CN4CCN(CN5CCN(CN6CCN(C2)C6=O)C5=O)C4=O)C3=O)C1=O. The van der Waals surface area contributed by atoms with Crippen molar-refractivity contribution in [3.8, 4) is 0 Å². The molecule has 7 fully saturated rings. The van der Waals surface area contributed by atoms with E-state index in [4.69, 9.17) is 0 Å². The van der Waals surface area contributed by atoms with E-state index < -0.39 is 0 Å². The van der Waals surface area contributed by atoms with Crippen molar-refractivity contribution in [2.24, 2.45) is 0 Å². The fraction of sp³-hybridized carbons (Fsp3) is 0.750. The van der Waals surface area contributed by atoms with Gasteiger partial charge in [0.15, 0.2) is 0 Å². The predicted octanol–water partition coefficient (Wildman–Crippen LogP) is -1.83. The maximum Gasteiger partial charge on any atom is 0.322 e. The van der Waals surface area contributed by atoms with Gasteiger partial charge in [-0.15, -0.1) is 0 Å². The van der Waals surface area contributed by atoms with Crippen LogP contribution in [0.5, 0.6) is 0 Å². The van der Waals surface area contributed by atoms with E-state index in [9.17, 15) is 28.8 Å². The normalized spacial score (nSPS) is 26.0. The molecule has 42 heavy (non-hydrogen) atoms. The number of rotatable bonds is 0. The Balaban J connectivity index is 1.08. The van der Waals surface area contributed by atoms with Gasteiger partial charge in [-0.25, -0.2) is 28.8 Å². The third-order valence-electron chi connectivity index (χ3n) is 9.13. The molecule has 12 amide bonds. The third kappa shape index (κ3) is 4.48. The van der Waals surface area contributed by atoms with Crippen molar-refractivity contribution in [1.82, 2.24) is 58.8 Å². The molecule has 0 spiro atoms. The van der Waals surface area contributed by atoms with Crippen LogP contribution in [0.1, 0.15) is 0 Å². The number of hydrogen-bond acceptors (Lipinski definition) is 6. The summed E-state index contributed by atoms with van der Waals surface area (Å²) in [5.41, 5.74) is 0. The topological polar surface area (TPSA) is 141 Å². The molecule has 0 atom stereocenters. The zero-order valence-electron chi connectivity index (χ0n) is 23.5. The molecule has 7 aliphatic heterocycles. The second-order valence-electron chi connectivity index (χ2n) is 11.7. The summed E-state index contributed by atoms with van der Waals surface area (Å²) in [6.07, 6.45) is 0. The van der Waals surface area contributed by atoms with Gasteiger partial charge in [0.1, 0.15) is 0 Å². The van der Waals surface area contributed by atoms with Crippen molar-refractivity contribution in [2.75, 3.05) is 119 Å². The molecule has 12 bridgehead atoms. The number of nitrogens with zero attached hydrogens (tertiary/aromatic N) is 12. The van der Waals surface area contributed by atoms with Crippen LogP contribution in [0, 0.1) is 0 Å². The lowest BCUT2D eigenvalue weighted by Gasteiger charge is -2.29. The van der Waals surface area contributed by atoms with E-state index in [1.165, 1.54) is 0 Å². The predicted molar refractivity (Wildman–Crippen MR) is 142 cm³/mol. The maximum atomic E-state index is 13.2. The number of carbonyl (C=O) groups excluding carboxylic acids is 6. The van der Waals surface area contributed by atoms with Crippen molar-refractivity contribution in [3.05, 3.63) is 0 Å². The number of urea groups is 6. The summed E-state index contributed by atoms with van der Waals surface area (Å²) in [4.78, 5) is 98.2. The molecule has 7 rings (SSSR count). The molecule has 0 N–H and O–H groups in total. The zero-order valence-corrected chi connectivity index (χ0v) is 23.5. The van der Waals surface area contributed by atoms with Crippen LogP contribution in [0.25, 0.3) is 0 Å². The summed E-state index contributed by atoms with van der Waals surface area (Å²) in [7, 11) is 0. The van der Waals surface area contributed by atoms with E-state index in [0.29, 0.717) is 78.5 Å². The first-order valence-electron chi connectivity index (χ1n) is 14.5. The first kappa shape index (κ1) is 26.5. The highest BCUT2D eigenvalue weighted by Crippen LogP contribution is 2.21. The molecule has 0 aromatic heterocycles. The Bertz CT molecular complexity index is 898. The van der Waals surface area contributed by atoms with Gasteiger partial charge < -0.3 is 58.8 Å². The molecule has 18 nitrogen and oxygen atoms in total. The van der Waals surface area contributed by atoms with Crippen LogP contribution in [-0.4, -0.2) is 214 Å². The highest BCUT2D eigenvalue weighted by molar-refractivity contribution is 5.83. The van der Waals surface area contributed by atoms with Gasteiger partial charge in [-0.3, -0.25) is 0 Å². The number of amides is 12. The van der Waals surface area contributed by atoms with E-state index >= 15 is 0 Å². The smallest absolute Gasteiger partial charge is 0.305 e. The van der Waals surface area contributed by atoms with E-state index in [1.54, 1.807) is 58.8 Å². The molecule has 0 aromatic rings. The van der Waals surface area contributed by atoms with Gasteiger partial charge in [0.25, 0.3) is 0 Å². The van der Waals surface area contributed by atoms with Crippen molar-refractivity contribution < 1.29 is 28.8 Å². The summed E-state index contributed by atoms with van der Waals surface area (Å²) in [5, 5.41) is 0. The Labute approximate surface area is 242 Å². The van der Waals surface area contributed by atoms with Gasteiger partial charge >= 0.3 is 36.2 Å². The minimum absolute atomic E-state index is 0.145. The van der Waals surface area contributed by atoms with E-state index in [0.717, 1.165) is 0 Å². The average Bonchev–Trinajstić information content (AvgIpc) is 3.82. The van der Waals surface area contributed by atoms with Crippen LogP contribution < -0.4 is 0 Å². The summed E-state index contributed by atoms with van der Waals surface area (Å²) in [5.74, 6) is 0. The maximum absolute atomic E-state index is 13.2. The Kier molecular flexibility index (Phi) is 6.41. The monoisotopic (exact) mass is 588 g/mol. The fourth-order valence-corrected chi connectivity index (χ4v) is 6.61. The van der Waals surface area contributed by atoms with Gasteiger partial charge in [0.05, 0.1) is 40.0 Å². The van der Waals surface area contributed by atoms with Crippen molar-refractivity contribution in [2.45, 2.75) is 0 Å². The number of hydrogen-bond donors (Lipinski definition) is 0. The Morgan fingerprint density at radius 1 is 0.214 bits per heavy atom. The fourth-order valence-electron chi connectivity index (χ4n) is 6.61. The average molecular weight is 589 g/mol. The van der Waals surface area contributed by atoms with Crippen LogP contribution in [-0.2, 0) is 0 Å². The summed E-state index contributed by atoms with van der Waals surface area (Å²) in [6, 6.07) is -1.38. The van der Waals surface area contributed by atoms with Crippen LogP contribution >= 0.6 is 0 Å². The molecule has 228 valence electrons. The van der Waals surface area contributed by atoms with Crippen molar-refractivity contribution in [1.29, 1.82) is 0 Å². The minimum Gasteiger partial charge on any atom is -0.305 e. The highest BCUT2D eigenvalue weighted by atomic mass is 16.2. The molecule has 0 radical (unpaired) electrons. The van der Waals surface area contributed by atoms with E-state index in [1.807, 2.05) is 0 Å². The standard InChI is InChI=1S/C24H36N12O6/c37-19-25-1-2-26(19)14-28-5-6-30(21(28)39)16-32-9-10-34(23(32)41)18-36-12-11-35(24(36)42)17-33-8-7-31(22(33)40)15-29-4-3-27(13-25)20(29)38/h1-18H2. The number of carbonyl (C=O) groups is 6. The molecule has 7 saturated heterocycles. The largest absolute Gasteiger partial charge is 0.322 e. The Hall–Kier alpha value is -4.38. The van der Waals surface area contributed by atoms with Crippen molar-refractivity contribution in [3.63, 3.8) is 0 Å². The highest BCUT2D eigenvalue weighted by Gasteiger charge is 2.42. The van der Waals surface area contributed by atoms with Crippen LogP contribution in [0.15, 0.2) is 0 Å². The molecule has 18 heteroatoms. The molecule has 7 aliphatic rings. The summed E-state index contributed by atoms with van der Waals surface area (Å²) < 4.78 is 0. The van der Waals surface area contributed by atoms with Crippen LogP contribution in [0.4, 0.5) is 28.8 Å². The molecule has 0 saturated carbocycles. The lowest BCUT2D eigenvalue weighted by molar-refractivity contribution is 0.131. The summed E-state index contributed by atoms with van der Waals surface area (Å²) >= 11 is 0. The molecule has 0 aromatic carbocycles. The molecular formula is C24H36N12O6.